The Balaban J connectivity index is 3.59. The van der Waals surface area contributed by atoms with Gasteiger partial charge in [-0.2, -0.15) is 11.8 Å². The molecule has 0 aliphatic heterocycles. The van der Waals surface area contributed by atoms with Gasteiger partial charge in [0.15, 0.2) is 0 Å². The summed E-state index contributed by atoms with van der Waals surface area (Å²) in [5, 5.41) is 3.22. The highest BCUT2D eigenvalue weighted by atomic mass is 32.2. The molecule has 0 amide bonds. The van der Waals surface area contributed by atoms with Gasteiger partial charge in [-0.1, -0.05) is 18.7 Å². The maximum absolute atomic E-state index is 3.78. The molecule has 0 aromatic heterocycles. The van der Waals surface area contributed by atoms with E-state index in [2.05, 4.69) is 25.1 Å². The Hall–Kier alpha value is -0.630. The molecular weight excluding hydrogens is 166 g/mol. The van der Waals surface area contributed by atoms with E-state index in [4.69, 9.17) is 0 Å². The minimum Gasteiger partial charge on any atom is -0.382 e. The smallest absolute Gasteiger partial charge is 0.0529 e. The van der Waals surface area contributed by atoms with Crippen molar-refractivity contribution in [1.29, 1.82) is 0 Å². The number of rotatable bonds is 7. The Morgan fingerprint density at radius 3 is 2.67 bits per heavy atom. The Bertz CT molecular complexity index is 163. The molecule has 0 rings (SSSR count). The zero-order valence-corrected chi connectivity index (χ0v) is 8.49. The van der Waals surface area contributed by atoms with Gasteiger partial charge in [-0.3, -0.25) is 0 Å². The van der Waals surface area contributed by atoms with Crippen molar-refractivity contribution in [3.05, 3.63) is 37.6 Å². The highest BCUT2D eigenvalue weighted by Crippen LogP contribution is 2.04. The van der Waals surface area contributed by atoms with E-state index in [1.54, 1.807) is 0 Å². The van der Waals surface area contributed by atoms with Crippen LogP contribution in [0.2, 0.25) is 0 Å². The third-order valence-electron chi connectivity index (χ3n) is 1.25. The number of hydrogen-bond acceptors (Lipinski definition) is 2. The lowest BCUT2D eigenvalue weighted by molar-refractivity contribution is 0.741. The second-order valence-electron chi connectivity index (χ2n) is 2.59. The first kappa shape index (κ1) is 11.4. The van der Waals surface area contributed by atoms with Gasteiger partial charge in [-0.05, 0) is 6.92 Å². The second kappa shape index (κ2) is 7.04. The van der Waals surface area contributed by atoms with Crippen LogP contribution in [0.15, 0.2) is 37.6 Å². The highest BCUT2D eigenvalue weighted by molar-refractivity contribution is 7.99. The lowest BCUT2D eigenvalue weighted by Crippen LogP contribution is -2.27. The summed E-state index contributed by atoms with van der Waals surface area (Å²) in [6.07, 6.45) is 3.82. The van der Waals surface area contributed by atoms with Gasteiger partial charge in [0.05, 0.1) is 6.04 Å². The Labute approximate surface area is 79.6 Å². The number of hydrogen-bond donors (Lipinski definition) is 1. The second-order valence-corrected chi connectivity index (χ2v) is 3.67. The number of allylic oxidation sites excluding steroid dienone is 1. The molecule has 0 saturated carbocycles. The molecule has 0 spiro atoms. The highest BCUT2D eigenvalue weighted by Gasteiger charge is 2.00. The van der Waals surface area contributed by atoms with Crippen LogP contribution in [0.5, 0.6) is 0 Å². The molecular formula is C10H17NS. The van der Waals surface area contributed by atoms with Gasteiger partial charge in [0.1, 0.15) is 0 Å². The molecule has 0 heterocycles. The average molecular weight is 183 g/mol. The molecule has 1 nitrogen and oxygen atoms in total. The molecule has 0 aliphatic rings. The van der Waals surface area contributed by atoms with Gasteiger partial charge in [-0.15, -0.1) is 13.2 Å². The summed E-state index contributed by atoms with van der Waals surface area (Å²) >= 11 is 1.83. The van der Waals surface area contributed by atoms with E-state index in [0.717, 1.165) is 17.2 Å². The fraction of sp³-hybridized carbons (Fsp3) is 0.400. The molecule has 1 unspecified atom stereocenters. The predicted octanol–water partition coefficient (Wildman–Crippen LogP) is 2.58. The molecule has 0 bridgehead atoms. The van der Waals surface area contributed by atoms with Crippen molar-refractivity contribution in [3.63, 3.8) is 0 Å². The third-order valence-corrected chi connectivity index (χ3v) is 2.32. The topological polar surface area (TPSA) is 12.0 Å². The molecule has 1 atom stereocenters. The van der Waals surface area contributed by atoms with E-state index in [-0.39, 0.29) is 0 Å². The lowest BCUT2D eigenvalue weighted by atomic mass is 10.3. The molecule has 2 heteroatoms. The molecule has 0 aromatic carbocycles. The van der Waals surface area contributed by atoms with Crippen LogP contribution in [0.25, 0.3) is 0 Å². The lowest BCUT2D eigenvalue weighted by Gasteiger charge is -2.14. The van der Waals surface area contributed by atoms with Gasteiger partial charge in [0, 0.05) is 17.2 Å². The molecule has 12 heavy (non-hydrogen) atoms. The van der Waals surface area contributed by atoms with Gasteiger partial charge in [0.25, 0.3) is 0 Å². The van der Waals surface area contributed by atoms with Crippen LogP contribution in [0.3, 0.4) is 0 Å². The van der Waals surface area contributed by atoms with Gasteiger partial charge in [0.2, 0.25) is 0 Å². The predicted molar refractivity (Wildman–Crippen MR) is 59.5 cm³/mol. The third kappa shape index (κ3) is 6.10. The fourth-order valence-electron chi connectivity index (χ4n) is 0.763. The Kier molecular flexibility index (Phi) is 6.67. The summed E-state index contributed by atoms with van der Waals surface area (Å²) < 4.78 is 0. The summed E-state index contributed by atoms with van der Waals surface area (Å²) in [4.78, 5) is 0. The summed E-state index contributed by atoms with van der Waals surface area (Å²) in [7, 11) is 0. The van der Waals surface area contributed by atoms with Crippen LogP contribution in [-0.2, 0) is 0 Å². The average Bonchev–Trinajstić information content (AvgIpc) is 2.02. The van der Waals surface area contributed by atoms with Crippen LogP contribution in [0, 0.1) is 0 Å². The largest absolute Gasteiger partial charge is 0.382 e. The van der Waals surface area contributed by atoms with E-state index >= 15 is 0 Å². The van der Waals surface area contributed by atoms with Gasteiger partial charge < -0.3 is 5.32 Å². The SMILES string of the molecule is C=CCSCC(C=C)NC(=C)C. The summed E-state index contributed by atoms with van der Waals surface area (Å²) in [6.45, 7) is 13.1. The van der Waals surface area contributed by atoms with Crippen molar-refractivity contribution < 1.29 is 0 Å². The van der Waals surface area contributed by atoms with Crippen molar-refractivity contribution in [3.8, 4) is 0 Å². The zero-order valence-electron chi connectivity index (χ0n) is 7.68. The molecule has 0 radical (unpaired) electrons. The zero-order chi connectivity index (χ0) is 9.40. The van der Waals surface area contributed by atoms with Crippen molar-refractivity contribution in [2.75, 3.05) is 11.5 Å². The van der Waals surface area contributed by atoms with Crippen molar-refractivity contribution in [1.82, 2.24) is 5.32 Å². The van der Waals surface area contributed by atoms with Crippen molar-refractivity contribution >= 4 is 11.8 Å². The first-order valence-corrected chi connectivity index (χ1v) is 5.09. The molecule has 0 aromatic rings. The molecule has 1 N–H and O–H groups in total. The van der Waals surface area contributed by atoms with E-state index < -0.39 is 0 Å². The number of thioether (sulfide) groups is 1. The Morgan fingerprint density at radius 2 is 2.25 bits per heavy atom. The van der Waals surface area contributed by atoms with Crippen LogP contribution >= 0.6 is 11.8 Å². The molecule has 0 aliphatic carbocycles. The summed E-state index contributed by atoms with van der Waals surface area (Å²) in [5.41, 5.74) is 0.985. The Morgan fingerprint density at radius 1 is 1.58 bits per heavy atom. The molecule has 68 valence electrons. The minimum absolute atomic E-state index is 0.326. The quantitative estimate of drug-likeness (QED) is 0.481. The maximum Gasteiger partial charge on any atom is 0.0529 e. The fourth-order valence-corrected chi connectivity index (χ4v) is 1.54. The van der Waals surface area contributed by atoms with E-state index in [1.807, 2.05) is 30.8 Å². The van der Waals surface area contributed by atoms with E-state index in [0.29, 0.717) is 6.04 Å². The van der Waals surface area contributed by atoms with E-state index in [1.165, 1.54) is 0 Å². The standard InChI is InChI=1S/C10H17NS/c1-5-7-12-8-10(6-2)11-9(3)4/h5-6,10-11H,1-3,7-8H2,4H3. The molecule has 0 saturated heterocycles. The number of nitrogens with one attached hydrogen (secondary N) is 1. The van der Waals surface area contributed by atoms with Crippen molar-refractivity contribution in [2.24, 2.45) is 0 Å². The molecule has 0 fully saturated rings. The van der Waals surface area contributed by atoms with Crippen molar-refractivity contribution in [2.45, 2.75) is 13.0 Å². The normalized spacial score (nSPS) is 11.8. The first-order chi connectivity index (χ1) is 5.70. The van der Waals surface area contributed by atoms with Gasteiger partial charge >= 0.3 is 0 Å². The summed E-state index contributed by atoms with van der Waals surface area (Å²) in [5.74, 6) is 2.00. The minimum atomic E-state index is 0.326. The van der Waals surface area contributed by atoms with Crippen LogP contribution < -0.4 is 5.32 Å². The van der Waals surface area contributed by atoms with Crippen LogP contribution in [-0.4, -0.2) is 17.5 Å². The van der Waals surface area contributed by atoms with Gasteiger partial charge in [-0.25, -0.2) is 0 Å². The van der Waals surface area contributed by atoms with E-state index in [9.17, 15) is 0 Å². The van der Waals surface area contributed by atoms with Crippen LogP contribution in [0.1, 0.15) is 6.92 Å². The van der Waals surface area contributed by atoms with Crippen LogP contribution in [0.4, 0.5) is 0 Å². The maximum atomic E-state index is 3.78. The first-order valence-electron chi connectivity index (χ1n) is 3.94. The summed E-state index contributed by atoms with van der Waals surface area (Å²) in [6, 6.07) is 0.326. The monoisotopic (exact) mass is 183 g/mol.